The summed E-state index contributed by atoms with van der Waals surface area (Å²) in [6.45, 7) is 7.62. The molecule has 1 heterocycles. The lowest BCUT2D eigenvalue weighted by molar-refractivity contribution is 0.1000. The van der Waals surface area contributed by atoms with Crippen molar-refractivity contribution in [2.24, 2.45) is 5.73 Å². The van der Waals surface area contributed by atoms with Crippen LogP contribution in [0.5, 0.6) is 0 Å². The second-order valence-corrected chi connectivity index (χ2v) is 5.42. The van der Waals surface area contributed by atoms with Crippen LogP contribution < -0.4 is 5.73 Å². The number of benzene rings is 1. The van der Waals surface area contributed by atoms with Gasteiger partial charge in [0.25, 0.3) is 0 Å². The molecule has 0 amide bonds. The van der Waals surface area contributed by atoms with E-state index in [-0.39, 0.29) is 0 Å². The van der Waals surface area contributed by atoms with E-state index >= 15 is 0 Å². The lowest BCUT2D eigenvalue weighted by Crippen LogP contribution is -2.49. The van der Waals surface area contributed by atoms with Crippen LogP contribution in [0.3, 0.4) is 0 Å². The Morgan fingerprint density at radius 2 is 1.83 bits per heavy atom. The summed E-state index contributed by atoms with van der Waals surface area (Å²) in [5.41, 5.74) is 8.31. The van der Waals surface area contributed by atoms with Gasteiger partial charge < -0.3 is 10.6 Å². The van der Waals surface area contributed by atoms with E-state index in [1.807, 2.05) is 0 Å². The van der Waals surface area contributed by atoms with Gasteiger partial charge in [0, 0.05) is 32.2 Å². The molecule has 2 rings (SSSR count). The van der Waals surface area contributed by atoms with Crippen molar-refractivity contribution >= 4 is 0 Å². The summed E-state index contributed by atoms with van der Waals surface area (Å²) in [5, 5.41) is 0. The molecule has 100 valence electrons. The van der Waals surface area contributed by atoms with Gasteiger partial charge in [0.1, 0.15) is 0 Å². The van der Waals surface area contributed by atoms with E-state index in [9.17, 15) is 0 Å². The third kappa shape index (κ3) is 3.55. The summed E-state index contributed by atoms with van der Waals surface area (Å²) in [7, 11) is 2.21. The zero-order valence-corrected chi connectivity index (χ0v) is 11.6. The van der Waals surface area contributed by atoms with Gasteiger partial charge in [-0.3, -0.25) is 4.90 Å². The summed E-state index contributed by atoms with van der Waals surface area (Å²) in [6.07, 6.45) is 0.978. The van der Waals surface area contributed by atoms with Crippen LogP contribution in [0.25, 0.3) is 0 Å². The van der Waals surface area contributed by atoms with Crippen LogP contribution in [0, 0.1) is 0 Å². The highest BCUT2D eigenvalue weighted by Crippen LogP contribution is 2.12. The normalized spacial score (nSPS) is 22.3. The summed E-state index contributed by atoms with van der Waals surface area (Å²) in [4.78, 5) is 4.98. The molecule has 2 N–H and O–H groups in total. The number of hydrogen-bond acceptors (Lipinski definition) is 3. The number of rotatable bonds is 4. The SMILES string of the molecule is CC1CN(Cc2ccc(CCN)cc2)CCN1C. The largest absolute Gasteiger partial charge is 0.330 e. The van der Waals surface area contributed by atoms with Gasteiger partial charge >= 0.3 is 0 Å². The molecule has 0 bridgehead atoms. The molecule has 18 heavy (non-hydrogen) atoms. The average Bonchev–Trinajstić information content (AvgIpc) is 2.37. The maximum Gasteiger partial charge on any atom is 0.0234 e. The van der Waals surface area contributed by atoms with Crippen LogP contribution in [-0.4, -0.2) is 49.1 Å². The lowest BCUT2D eigenvalue weighted by atomic mass is 10.1. The zero-order valence-electron chi connectivity index (χ0n) is 11.6. The number of hydrogen-bond donors (Lipinski definition) is 1. The Bertz CT molecular complexity index is 361. The molecule has 0 spiro atoms. The first-order valence-electron chi connectivity index (χ1n) is 6.89. The summed E-state index contributed by atoms with van der Waals surface area (Å²) in [5.74, 6) is 0. The first-order valence-corrected chi connectivity index (χ1v) is 6.89. The highest BCUT2D eigenvalue weighted by atomic mass is 15.3. The van der Waals surface area contributed by atoms with E-state index in [2.05, 4.69) is 48.0 Å². The Balaban J connectivity index is 1.89. The van der Waals surface area contributed by atoms with E-state index in [0.717, 1.165) is 19.5 Å². The van der Waals surface area contributed by atoms with Crippen molar-refractivity contribution in [2.45, 2.75) is 25.9 Å². The van der Waals surface area contributed by atoms with Crippen LogP contribution in [0.2, 0.25) is 0 Å². The quantitative estimate of drug-likeness (QED) is 0.871. The number of nitrogens with two attached hydrogens (primary N) is 1. The summed E-state index contributed by atoms with van der Waals surface area (Å²) < 4.78 is 0. The summed E-state index contributed by atoms with van der Waals surface area (Å²) in [6, 6.07) is 9.57. The predicted octanol–water partition coefficient (Wildman–Crippen LogP) is 1.32. The smallest absolute Gasteiger partial charge is 0.0234 e. The molecule has 1 aliphatic rings. The fraction of sp³-hybridized carbons (Fsp3) is 0.600. The second-order valence-electron chi connectivity index (χ2n) is 5.42. The minimum absolute atomic E-state index is 0.662. The highest BCUT2D eigenvalue weighted by molar-refractivity contribution is 5.22. The Morgan fingerprint density at radius 3 is 2.44 bits per heavy atom. The van der Waals surface area contributed by atoms with Gasteiger partial charge in [-0.05, 0) is 38.1 Å². The fourth-order valence-electron chi connectivity index (χ4n) is 2.50. The van der Waals surface area contributed by atoms with E-state index in [1.54, 1.807) is 0 Å². The third-order valence-electron chi connectivity index (χ3n) is 3.91. The molecular formula is C15H25N3. The molecule has 1 atom stereocenters. The molecule has 1 fully saturated rings. The van der Waals surface area contributed by atoms with Crippen LogP contribution in [0.15, 0.2) is 24.3 Å². The molecule has 0 saturated carbocycles. The lowest BCUT2D eigenvalue weighted by Gasteiger charge is -2.37. The van der Waals surface area contributed by atoms with Crippen molar-refractivity contribution in [3.63, 3.8) is 0 Å². The van der Waals surface area contributed by atoms with Crippen molar-refractivity contribution in [1.82, 2.24) is 9.80 Å². The van der Waals surface area contributed by atoms with Crippen LogP contribution in [-0.2, 0) is 13.0 Å². The van der Waals surface area contributed by atoms with Crippen LogP contribution in [0.1, 0.15) is 18.1 Å². The maximum atomic E-state index is 5.56. The molecule has 1 aliphatic heterocycles. The molecule has 0 aromatic heterocycles. The average molecular weight is 247 g/mol. The molecule has 3 heteroatoms. The third-order valence-corrected chi connectivity index (χ3v) is 3.91. The minimum atomic E-state index is 0.662. The Hall–Kier alpha value is -0.900. The van der Waals surface area contributed by atoms with Gasteiger partial charge in [0.05, 0.1) is 0 Å². The molecule has 1 saturated heterocycles. The molecule has 0 radical (unpaired) electrons. The van der Waals surface area contributed by atoms with E-state index in [1.165, 1.54) is 30.8 Å². The monoisotopic (exact) mass is 247 g/mol. The number of likely N-dealkylation sites (N-methyl/N-ethyl adjacent to an activating group) is 1. The van der Waals surface area contributed by atoms with Crippen LogP contribution >= 0.6 is 0 Å². The Morgan fingerprint density at radius 1 is 1.17 bits per heavy atom. The van der Waals surface area contributed by atoms with Crippen molar-refractivity contribution in [3.8, 4) is 0 Å². The number of nitrogens with zero attached hydrogens (tertiary/aromatic N) is 2. The standard InChI is InChI=1S/C15H25N3/c1-13-11-18(10-9-17(13)2)12-15-5-3-14(4-6-15)7-8-16/h3-6,13H,7-12,16H2,1-2H3. The van der Waals surface area contributed by atoms with Crippen molar-refractivity contribution in [2.75, 3.05) is 33.2 Å². The summed E-state index contributed by atoms with van der Waals surface area (Å²) >= 11 is 0. The van der Waals surface area contributed by atoms with Crippen LogP contribution in [0.4, 0.5) is 0 Å². The zero-order chi connectivity index (χ0) is 13.0. The fourth-order valence-corrected chi connectivity index (χ4v) is 2.50. The number of piperazine rings is 1. The van der Waals surface area contributed by atoms with Crippen molar-refractivity contribution in [3.05, 3.63) is 35.4 Å². The van der Waals surface area contributed by atoms with E-state index in [4.69, 9.17) is 5.73 Å². The van der Waals surface area contributed by atoms with E-state index in [0.29, 0.717) is 6.04 Å². The highest BCUT2D eigenvalue weighted by Gasteiger charge is 2.20. The topological polar surface area (TPSA) is 32.5 Å². The first kappa shape index (κ1) is 13.5. The van der Waals surface area contributed by atoms with E-state index < -0.39 is 0 Å². The molecule has 3 nitrogen and oxygen atoms in total. The van der Waals surface area contributed by atoms with Crippen molar-refractivity contribution in [1.29, 1.82) is 0 Å². The maximum absolute atomic E-state index is 5.56. The second kappa shape index (κ2) is 6.32. The predicted molar refractivity (Wildman–Crippen MR) is 76.6 cm³/mol. The first-order chi connectivity index (χ1) is 8.69. The molecule has 1 aromatic rings. The Labute approximate surface area is 111 Å². The van der Waals surface area contributed by atoms with Gasteiger partial charge in [-0.1, -0.05) is 24.3 Å². The van der Waals surface area contributed by atoms with Crippen molar-refractivity contribution < 1.29 is 0 Å². The minimum Gasteiger partial charge on any atom is -0.330 e. The van der Waals surface area contributed by atoms with Gasteiger partial charge in [-0.25, -0.2) is 0 Å². The van der Waals surface area contributed by atoms with Gasteiger partial charge in [-0.2, -0.15) is 0 Å². The van der Waals surface area contributed by atoms with Gasteiger partial charge in [0.2, 0.25) is 0 Å². The molecule has 1 aromatic carbocycles. The molecule has 1 unspecified atom stereocenters. The Kier molecular flexibility index (Phi) is 4.75. The molecular weight excluding hydrogens is 222 g/mol. The molecule has 0 aliphatic carbocycles. The van der Waals surface area contributed by atoms with Gasteiger partial charge in [0.15, 0.2) is 0 Å². The van der Waals surface area contributed by atoms with Gasteiger partial charge in [-0.15, -0.1) is 0 Å².